The molecule has 0 aromatic heterocycles. The molecule has 0 aliphatic carbocycles. The van der Waals surface area contributed by atoms with Gasteiger partial charge in [0.25, 0.3) is 5.91 Å². The van der Waals surface area contributed by atoms with Gasteiger partial charge in [0.1, 0.15) is 11.6 Å². The molecule has 2 aromatic rings. The number of amides is 1. The summed E-state index contributed by atoms with van der Waals surface area (Å²) in [6.45, 7) is 2.99. The van der Waals surface area contributed by atoms with Crippen LogP contribution in [0.4, 0.5) is 10.1 Å². The summed E-state index contributed by atoms with van der Waals surface area (Å²) in [5.41, 5.74) is 1.22. The van der Waals surface area contributed by atoms with Gasteiger partial charge in [-0.25, -0.2) is 9.18 Å². The zero-order valence-electron chi connectivity index (χ0n) is 13.7. The van der Waals surface area contributed by atoms with Crippen LogP contribution >= 0.6 is 11.6 Å². The molecule has 132 valence electrons. The summed E-state index contributed by atoms with van der Waals surface area (Å²) in [6, 6.07) is 10.8. The Bertz CT molecular complexity index is 781. The minimum Gasteiger partial charge on any atom is -0.482 e. The van der Waals surface area contributed by atoms with Crippen LogP contribution in [0.1, 0.15) is 12.5 Å². The number of hydrogen-bond donors (Lipinski definition) is 1. The largest absolute Gasteiger partial charge is 0.482 e. The van der Waals surface area contributed by atoms with Gasteiger partial charge in [0.15, 0.2) is 12.7 Å². The first kappa shape index (κ1) is 18.7. The molecule has 5 nitrogen and oxygen atoms in total. The number of aryl methyl sites for hydroxylation is 1. The molecule has 0 aliphatic rings. The van der Waals surface area contributed by atoms with E-state index in [4.69, 9.17) is 21.1 Å². The van der Waals surface area contributed by atoms with E-state index >= 15 is 0 Å². The van der Waals surface area contributed by atoms with E-state index in [1.165, 1.54) is 13.0 Å². The average molecular weight is 366 g/mol. The number of ether oxygens (including phenoxy) is 2. The van der Waals surface area contributed by atoms with Crippen molar-refractivity contribution in [2.24, 2.45) is 0 Å². The maximum atomic E-state index is 13.0. The molecule has 0 radical (unpaired) electrons. The lowest BCUT2D eigenvalue weighted by Gasteiger charge is -2.14. The monoisotopic (exact) mass is 365 g/mol. The molecule has 0 saturated carbocycles. The lowest BCUT2D eigenvalue weighted by atomic mass is 10.2. The SMILES string of the molecule is Cc1cccc(OCC(=O)O[C@H](C)C(=O)Nc2ccc(F)cc2Cl)c1. The van der Waals surface area contributed by atoms with Crippen LogP contribution in [0.25, 0.3) is 0 Å². The van der Waals surface area contributed by atoms with Gasteiger partial charge in [-0.3, -0.25) is 4.79 Å². The molecule has 0 fully saturated rings. The molecule has 0 saturated heterocycles. The highest BCUT2D eigenvalue weighted by atomic mass is 35.5. The zero-order chi connectivity index (χ0) is 18.4. The van der Waals surface area contributed by atoms with Crippen LogP contribution in [0, 0.1) is 12.7 Å². The molecule has 2 aromatic carbocycles. The number of esters is 1. The Hall–Kier alpha value is -2.60. The van der Waals surface area contributed by atoms with Gasteiger partial charge in [-0.2, -0.15) is 0 Å². The summed E-state index contributed by atoms with van der Waals surface area (Å²) in [4.78, 5) is 23.8. The van der Waals surface area contributed by atoms with Crippen LogP contribution < -0.4 is 10.1 Å². The van der Waals surface area contributed by atoms with E-state index in [2.05, 4.69) is 5.32 Å². The third kappa shape index (κ3) is 5.76. The molecule has 0 heterocycles. The van der Waals surface area contributed by atoms with E-state index in [9.17, 15) is 14.0 Å². The van der Waals surface area contributed by atoms with Gasteiger partial charge in [-0.05, 0) is 49.7 Å². The molecule has 7 heteroatoms. The predicted molar refractivity (Wildman–Crippen MR) is 92.3 cm³/mol. The van der Waals surface area contributed by atoms with Crippen LogP contribution in [0.5, 0.6) is 5.75 Å². The Morgan fingerprint density at radius 1 is 1.24 bits per heavy atom. The summed E-state index contributed by atoms with van der Waals surface area (Å²) in [7, 11) is 0. The summed E-state index contributed by atoms with van der Waals surface area (Å²) in [6.07, 6.45) is -1.06. The second kappa shape index (κ2) is 8.48. The maximum Gasteiger partial charge on any atom is 0.344 e. The standard InChI is InChI=1S/C18H17ClFNO4/c1-11-4-3-5-14(8-11)24-10-17(22)25-12(2)18(23)21-16-7-6-13(20)9-15(16)19/h3-9,12H,10H2,1-2H3,(H,21,23)/t12-/m1/s1. The Morgan fingerprint density at radius 3 is 2.68 bits per heavy atom. The number of benzene rings is 2. The molecular weight excluding hydrogens is 349 g/mol. The molecule has 1 N–H and O–H groups in total. The van der Waals surface area contributed by atoms with Crippen molar-refractivity contribution in [1.29, 1.82) is 0 Å². The molecule has 0 unspecified atom stereocenters. The molecule has 0 aliphatic heterocycles. The molecule has 1 atom stereocenters. The molecular formula is C18H17ClFNO4. The van der Waals surface area contributed by atoms with Crippen molar-refractivity contribution in [1.82, 2.24) is 0 Å². The summed E-state index contributed by atoms with van der Waals surface area (Å²) < 4.78 is 23.3. The van der Waals surface area contributed by atoms with Crippen LogP contribution in [-0.4, -0.2) is 24.6 Å². The lowest BCUT2D eigenvalue weighted by molar-refractivity contribution is -0.155. The molecule has 25 heavy (non-hydrogen) atoms. The van der Waals surface area contributed by atoms with E-state index in [0.29, 0.717) is 5.75 Å². The minimum atomic E-state index is -1.06. The number of rotatable bonds is 6. The van der Waals surface area contributed by atoms with Gasteiger partial charge in [-0.1, -0.05) is 23.7 Å². The Morgan fingerprint density at radius 2 is 2.00 bits per heavy atom. The van der Waals surface area contributed by atoms with Gasteiger partial charge in [0, 0.05) is 0 Å². The van der Waals surface area contributed by atoms with E-state index in [-0.39, 0.29) is 17.3 Å². The fourth-order valence-electron chi connectivity index (χ4n) is 1.96. The second-order valence-electron chi connectivity index (χ2n) is 5.35. The topological polar surface area (TPSA) is 64.6 Å². The van der Waals surface area contributed by atoms with Crippen molar-refractivity contribution in [3.05, 3.63) is 58.9 Å². The smallest absolute Gasteiger partial charge is 0.344 e. The highest BCUT2D eigenvalue weighted by Crippen LogP contribution is 2.22. The zero-order valence-corrected chi connectivity index (χ0v) is 14.5. The van der Waals surface area contributed by atoms with Crippen LogP contribution in [0.15, 0.2) is 42.5 Å². The summed E-state index contributed by atoms with van der Waals surface area (Å²) in [5.74, 6) is -1.25. The van der Waals surface area contributed by atoms with Crippen molar-refractivity contribution < 1.29 is 23.5 Å². The number of anilines is 1. The number of carbonyl (C=O) groups excluding carboxylic acids is 2. The fourth-order valence-corrected chi connectivity index (χ4v) is 2.17. The maximum absolute atomic E-state index is 13.0. The quantitative estimate of drug-likeness (QED) is 0.792. The summed E-state index contributed by atoms with van der Waals surface area (Å²) in [5, 5.41) is 2.52. The Balaban J connectivity index is 1.84. The van der Waals surface area contributed by atoms with Crippen molar-refractivity contribution in [2.75, 3.05) is 11.9 Å². The average Bonchev–Trinajstić information content (AvgIpc) is 2.55. The van der Waals surface area contributed by atoms with Crippen molar-refractivity contribution in [2.45, 2.75) is 20.0 Å². The number of halogens is 2. The van der Waals surface area contributed by atoms with Gasteiger partial charge in [0.05, 0.1) is 10.7 Å². The third-order valence-corrected chi connectivity index (χ3v) is 3.53. The van der Waals surface area contributed by atoms with Crippen molar-refractivity contribution >= 4 is 29.2 Å². The molecule has 2 rings (SSSR count). The Kier molecular flexibility index (Phi) is 6.36. The van der Waals surface area contributed by atoms with Crippen molar-refractivity contribution in [3.8, 4) is 5.75 Å². The highest BCUT2D eigenvalue weighted by Gasteiger charge is 2.19. The van der Waals surface area contributed by atoms with E-state index < -0.39 is 23.8 Å². The van der Waals surface area contributed by atoms with Crippen LogP contribution in [0.3, 0.4) is 0 Å². The molecule has 0 bridgehead atoms. The Labute approximate surface area is 149 Å². The van der Waals surface area contributed by atoms with Gasteiger partial charge >= 0.3 is 5.97 Å². The van der Waals surface area contributed by atoms with Gasteiger partial charge in [0.2, 0.25) is 0 Å². The normalized spacial score (nSPS) is 11.5. The first-order valence-electron chi connectivity index (χ1n) is 7.50. The highest BCUT2D eigenvalue weighted by molar-refractivity contribution is 6.33. The van der Waals surface area contributed by atoms with Crippen LogP contribution in [0.2, 0.25) is 5.02 Å². The first-order valence-corrected chi connectivity index (χ1v) is 7.88. The molecule has 0 spiro atoms. The molecule has 1 amide bonds. The number of hydrogen-bond acceptors (Lipinski definition) is 4. The number of carbonyl (C=O) groups is 2. The van der Waals surface area contributed by atoms with Crippen LogP contribution in [-0.2, 0) is 14.3 Å². The van der Waals surface area contributed by atoms with Crippen molar-refractivity contribution in [3.63, 3.8) is 0 Å². The van der Waals surface area contributed by atoms with Gasteiger partial charge < -0.3 is 14.8 Å². The third-order valence-electron chi connectivity index (χ3n) is 3.21. The first-order chi connectivity index (χ1) is 11.8. The van der Waals surface area contributed by atoms with E-state index in [1.807, 2.05) is 13.0 Å². The predicted octanol–water partition coefficient (Wildman–Crippen LogP) is 3.74. The minimum absolute atomic E-state index is 0.0506. The van der Waals surface area contributed by atoms with Gasteiger partial charge in [-0.15, -0.1) is 0 Å². The fraction of sp³-hybridized carbons (Fsp3) is 0.222. The van der Waals surface area contributed by atoms with E-state index in [1.54, 1.807) is 18.2 Å². The second-order valence-corrected chi connectivity index (χ2v) is 5.76. The number of nitrogens with one attached hydrogen (secondary N) is 1. The summed E-state index contributed by atoms with van der Waals surface area (Å²) >= 11 is 5.83. The van der Waals surface area contributed by atoms with E-state index in [0.717, 1.165) is 17.7 Å². The lowest BCUT2D eigenvalue weighted by Crippen LogP contribution is -2.31.